The van der Waals surface area contributed by atoms with Crippen molar-refractivity contribution < 1.29 is 43.1 Å². The van der Waals surface area contributed by atoms with Crippen LogP contribution in [0.5, 0.6) is 34.5 Å². The van der Waals surface area contributed by atoms with Crippen molar-refractivity contribution in [1.29, 1.82) is 0 Å². The Morgan fingerprint density at radius 3 is 1.87 bits per heavy atom. The normalized spacial score (nSPS) is 10.9. The van der Waals surface area contributed by atoms with E-state index in [0.29, 0.717) is 40.9 Å². The lowest BCUT2D eigenvalue weighted by Gasteiger charge is -2.24. The molecule has 0 atom stereocenters. The molecular formula is C29H34O9. The maximum Gasteiger partial charge on any atom is 0.339 e. The highest BCUT2D eigenvalue weighted by Gasteiger charge is 2.35. The number of ketones is 1. The molecule has 0 unspecified atom stereocenters. The minimum atomic E-state index is -0.793. The van der Waals surface area contributed by atoms with E-state index in [-0.39, 0.29) is 45.3 Å². The number of aromatic hydroxyl groups is 1. The number of esters is 1. The van der Waals surface area contributed by atoms with Gasteiger partial charge in [0, 0.05) is 22.3 Å². The van der Waals surface area contributed by atoms with Crippen molar-refractivity contribution in [1.82, 2.24) is 0 Å². The summed E-state index contributed by atoms with van der Waals surface area (Å²) in [6.45, 7) is 3.77. The molecule has 3 aromatic rings. The minimum Gasteiger partial charge on any atom is -0.507 e. The number of phenolic OH excluding ortho intramolecular Hbond substituents is 1. The van der Waals surface area contributed by atoms with Crippen molar-refractivity contribution in [3.8, 4) is 45.6 Å². The van der Waals surface area contributed by atoms with Gasteiger partial charge in [0.05, 0.1) is 53.8 Å². The number of rotatable bonds is 11. The third-order valence-electron chi connectivity index (χ3n) is 6.74. The van der Waals surface area contributed by atoms with Gasteiger partial charge in [-0.15, -0.1) is 0 Å². The molecule has 0 heterocycles. The number of fused-ring (bicyclic) bond motifs is 1. The van der Waals surface area contributed by atoms with Crippen LogP contribution in [0.2, 0.25) is 0 Å². The Kier molecular flexibility index (Phi) is 8.93. The number of Topliss-reactive ketones (excluding diaryl/α,β-unsaturated/α-hetero) is 1. The van der Waals surface area contributed by atoms with Crippen molar-refractivity contribution >= 4 is 22.5 Å². The van der Waals surface area contributed by atoms with Gasteiger partial charge < -0.3 is 33.5 Å². The fourth-order valence-electron chi connectivity index (χ4n) is 4.78. The van der Waals surface area contributed by atoms with Crippen LogP contribution in [0.3, 0.4) is 0 Å². The van der Waals surface area contributed by atoms with Gasteiger partial charge in [-0.05, 0) is 36.6 Å². The number of carbonyl (C=O) groups is 2. The summed E-state index contributed by atoms with van der Waals surface area (Å²) in [6, 6.07) is 6.64. The van der Waals surface area contributed by atoms with Crippen LogP contribution in [0.15, 0.2) is 24.3 Å². The Morgan fingerprint density at radius 2 is 1.37 bits per heavy atom. The first-order chi connectivity index (χ1) is 18.3. The number of hydrogen-bond acceptors (Lipinski definition) is 9. The number of methoxy groups -OCH3 is 6. The van der Waals surface area contributed by atoms with Gasteiger partial charge in [0.15, 0.2) is 28.8 Å². The first kappa shape index (κ1) is 28.4. The van der Waals surface area contributed by atoms with Crippen LogP contribution in [0.25, 0.3) is 21.9 Å². The fraction of sp³-hybridized carbons (Fsp3) is 0.379. The van der Waals surface area contributed by atoms with Crippen molar-refractivity contribution in [2.75, 3.05) is 42.7 Å². The number of carbonyl (C=O) groups excluding carboxylic acids is 2. The standard InChI is InChI=1S/C29H34O9/c1-9-15(10-2)25(30)24-23(29(32)38-8)21(16-11-12-18(33-3)19(13-16)34-4)22-17(26(24)31)14-20(35-5)27(36-6)28(22)37-7/h11-15,31H,9-10H2,1-8H3. The number of benzene rings is 3. The van der Waals surface area contributed by atoms with Crippen LogP contribution in [-0.2, 0) is 4.74 Å². The lowest BCUT2D eigenvalue weighted by molar-refractivity contribution is 0.0596. The Balaban J connectivity index is 2.72. The van der Waals surface area contributed by atoms with Gasteiger partial charge >= 0.3 is 5.97 Å². The molecule has 9 heteroatoms. The second-order valence-corrected chi connectivity index (χ2v) is 8.48. The lowest BCUT2D eigenvalue weighted by Crippen LogP contribution is -2.19. The molecule has 0 aliphatic heterocycles. The zero-order chi connectivity index (χ0) is 28.1. The summed E-state index contributed by atoms with van der Waals surface area (Å²) in [5.41, 5.74) is 0.583. The van der Waals surface area contributed by atoms with Gasteiger partial charge in [0.25, 0.3) is 0 Å². The molecule has 1 N–H and O–H groups in total. The molecular weight excluding hydrogens is 492 g/mol. The number of phenols is 1. The molecule has 0 saturated carbocycles. The van der Waals surface area contributed by atoms with Gasteiger partial charge in [-0.25, -0.2) is 4.79 Å². The molecule has 9 nitrogen and oxygen atoms in total. The molecule has 0 fully saturated rings. The molecule has 0 aromatic heterocycles. The van der Waals surface area contributed by atoms with E-state index in [2.05, 4.69) is 0 Å². The van der Waals surface area contributed by atoms with Crippen molar-refractivity contribution in [3.63, 3.8) is 0 Å². The summed E-state index contributed by atoms with van der Waals surface area (Å²) in [4.78, 5) is 27.3. The average Bonchev–Trinajstić information content (AvgIpc) is 2.95. The number of hydrogen-bond donors (Lipinski definition) is 1. The Bertz CT molecular complexity index is 1360. The molecule has 204 valence electrons. The maximum atomic E-state index is 13.9. The molecule has 0 aliphatic rings. The molecule has 3 rings (SSSR count). The Morgan fingerprint density at radius 1 is 0.763 bits per heavy atom. The Labute approximate surface area is 222 Å². The van der Waals surface area contributed by atoms with Gasteiger partial charge in [0.1, 0.15) is 5.75 Å². The van der Waals surface area contributed by atoms with Gasteiger partial charge in [-0.2, -0.15) is 0 Å². The zero-order valence-corrected chi connectivity index (χ0v) is 23.0. The topological polar surface area (TPSA) is 110 Å². The molecule has 38 heavy (non-hydrogen) atoms. The summed E-state index contributed by atoms with van der Waals surface area (Å²) in [5, 5.41) is 12.2. The van der Waals surface area contributed by atoms with Crippen LogP contribution in [-0.4, -0.2) is 59.5 Å². The fourth-order valence-corrected chi connectivity index (χ4v) is 4.78. The van der Waals surface area contributed by atoms with E-state index in [1.807, 2.05) is 13.8 Å². The molecule has 0 radical (unpaired) electrons. The molecule has 0 spiro atoms. The quantitative estimate of drug-likeness (QED) is 0.250. The summed E-state index contributed by atoms with van der Waals surface area (Å²) < 4.78 is 32.9. The van der Waals surface area contributed by atoms with E-state index in [1.54, 1.807) is 24.3 Å². The monoisotopic (exact) mass is 526 g/mol. The largest absolute Gasteiger partial charge is 0.507 e. The van der Waals surface area contributed by atoms with Crippen molar-refractivity contribution in [2.24, 2.45) is 5.92 Å². The van der Waals surface area contributed by atoms with Gasteiger partial charge in [-0.3, -0.25) is 4.79 Å². The Hall–Kier alpha value is -4.14. The summed E-state index contributed by atoms with van der Waals surface area (Å²) in [5.74, 6) is -0.372. The third kappa shape index (κ3) is 4.64. The highest BCUT2D eigenvalue weighted by Crippen LogP contribution is 2.53. The summed E-state index contributed by atoms with van der Waals surface area (Å²) >= 11 is 0. The van der Waals surface area contributed by atoms with Gasteiger partial charge in [-0.1, -0.05) is 19.9 Å². The first-order valence-corrected chi connectivity index (χ1v) is 12.1. The smallest absolute Gasteiger partial charge is 0.339 e. The molecule has 0 saturated heterocycles. The predicted octanol–water partition coefficient (Wildman–Crippen LogP) is 5.66. The van der Waals surface area contributed by atoms with E-state index in [0.717, 1.165) is 0 Å². The van der Waals surface area contributed by atoms with Crippen molar-refractivity contribution in [3.05, 3.63) is 35.4 Å². The average molecular weight is 527 g/mol. The summed E-state index contributed by atoms with van der Waals surface area (Å²) in [7, 11) is 8.57. The van der Waals surface area contributed by atoms with E-state index in [9.17, 15) is 14.7 Å². The minimum absolute atomic E-state index is 0.0906. The SMILES string of the molecule is CCC(CC)C(=O)c1c(C(=O)OC)c(-c2ccc(OC)c(OC)c2)c2c(OC)c(OC)c(OC)cc2c1O. The van der Waals surface area contributed by atoms with Crippen LogP contribution < -0.4 is 23.7 Å². The molecule has 0 amide bonds. The maximum absolute atomic E-state index is 13.9. The lowest BCUT2D eigenvalue weighted by atomic mass is 9.82. The first-order valence-electron chi connectivity index (χ1n) is 12.1. The van der Waals surface area contributed by atoms with Crippen molar-refractivity contribution in [2.45, 2.75) is 26.7 Å². The van der Waals surface area contributed by atoms with E-state index >= 15 is 0 Å². The second-order valence-electron chi connectivity index (χ2n) is 8.48. The van der Waals surface area contributed by atoms with Crippen LogP contribution in [0, 0.1) is 5.92 Å². The molecule has 0 aliphatic carbocycles. The second kappa shape index (κ2) is 11.9. The van der Waals surface area contributed by atoms with Crippen LogP contribution in [0.1, 0.15) is 47.4 Å². The number of ether oxygens (including phenoxy) is 6. The van der Waals surface area contributed by atoms with Crippen LogP contribution >= 0.6 is 0 Å². The third-order valence-corrected chi connectivity index (χ3v) is 6.74. The van der Waals surface area contributed by atoms with E-state index in [1.165, 1.54) is 42.7 Å². The van der Waals surface area contributed by atoms with E-state index < -0.39 is 11.9 Å². The predicted molar refractivity (Wildman–Crippen MR) is 144 cm³/mol. The zero-order valence-electron chi connectivity index (χ0n) is 23.0. The highest BCUT2D eigenvalue weighted by molar-refractivity contribution is 6.22. The molecule has 0 bridgehead atoms. The summed E-state index contributed by atoms with van der Waals surface area (Å²) in [6.07, 6.45) is 1.04. The molecule has 3 aromatic carbocycles. The van der Waals surface area contributed by atoms with Crippen LogP contribution in [0.4, 0.5) is 0 Å². The highest BCUT2D eigenvalue weighted by atomic mass is 16.5. The van der Waals surface area contributed by atoms with E-state index in [4.69, 9.17) is 28.4 Å². The van der Waals surface area contributed by atoms with Gasteiger partial charge in [0.2, 0.25) is 5.75 Å².